The quantitative estimate of drug-likeness (QED) is 0.193. The highest BCUT2D eigenvalue weighted by atomic mass is 32.2. The number of nitro groups is 1. The normalized spacial score (nSPS) is 11.3. The standard InChI is InChI=1S/C21H17N5O4S/c1-13-10-14(26(28)29)6-8-16(13)19-9-7-15(30-19)11-22-25-20(27)12-31-21-23-17-4-2-3-5-18(17)24-21/h2-11H,12H2,1H3,(H,23,24)(H,25,27)/b22-11-. The molecule has 31 heavy (non-hydrogen) atoms. The number of aromatic amines is 1. The summed E-state index contributed by atoms with van der Waals surface area (Å²) in [5.41, 5.74) is 5.71. The molecule has 2 N–H and O–H groups in total. The number of aryl methyl sites for hydroxylation is 1. The first-order valence-electron chi connectivity index (χ1n) is 9.24. The summed E-state index contributed by atoms with van der Waals surface area (Å²) >= 11 is 1.28. The van der Waals surface area contributed by atoms with Gasteiger partial charge in [-0.15, -0.1) is 0 Å². The number of benzene rings is 2. The zero-order chi connectivity index (χ0) is 21.8. The van der Waals surface area contributed by atoms with Gasteiger partial charge in [-0.2, -0.15) is 5.10 Å². The number of fused-ring (bicyclic) bond motifs is 1. The number of imidazole rings is 1. The number of non-ortho nitro benzene ring substituents is 1. The van der Waals surface area contributed by atoms with E-state index in [0.717, 1.165) is 22.2 Å². The molecule has 0 spiro atoms. The van der Waals surface area contributed by atoms with E-state index in [-0.39, 0.29) is 17.3 Å². The van der Waals surface area contributed by atoms with Crippen LogP contribution in [-0.4, -0.2) is 32.8 Å². The van der Waals surface area contributed by atoms with Gasteiger partial charge in [0.15, 0.2) is 5.16 Å². The van der Waals surface area contributed by atoms with E-state index in [2.05, 4.69) is 20.5 Å². The molecule has 2 heterocycles. The van der Waals surface area contributed by atoms with Crippen LogP contribution in [0, 0.1) is 17.0 Å². The maximum atomic E-state index is 12.0. The van der Waals surface area contributed by atoms with Gasteiger partial charge in [-0.1, -0.05) is 23.9 Å². The third kappa shape index (κ3) is 4.81. The third-order valence-corrected chi connectivity index (χ3v) is 5.28. The highest BCUT2D eigenvalue weighted by Gasteiger charge is 2.12. The molecule has 0 bridgehead atoms. The molecule has 4 rings (SSSR count). The van der Waals surface area contributed by atoms with Crippen molar-refractivity contribution in [3.05, 3.63) is 76.0 Å². The lowest BCUT2D eigenvalue weighted by Gasteiger charge is -2.02. The van der Waals surface area contributed by atoms with E-state index >= 15 is 0 Å². The zero-order valence-corrected chi connectivity index (χ0v) is 17.2. The number of para-hydroxylation sites is 2. The van der Waals surface area contributed by atoms with Crippen LogP contribution in [0.4, 0.5) is 5.69 Å². The van der Waals surface area contributed by atoms with Crippen molar-refractivity contribution < 1.29 is 14.1 Å². The Labute approximate surface area is 180 Å². The number of nitrogens with zero attached hydrogens (tertiary/aromatic N) is 3. The molecule has 0 atom stereocenters. The van der Waals surface area contributed by atoms with Gasteiger partial charge < -0.3 is 9.40 Å². The molecule has 2 aromatic heterocycles. The van der Waals surface area contributed by atoms with Crippen molar-refractivity contribution in [2.75, 3.05) is 5.75 Å². The minimum absolute atomic E-state index is 0.0258. The molecule has 1 amide bonds. The van der Waals surface area contributed by atoms with Gasteiger partial charge in [0.1, 0.15) is 11.5 Å². The lowest BCUT2D eigenvalue weighted by molar-refractivity contribution is -0.384. The molecule has 0 radical (unpaired) electrons. The molecular formula is C21H17N5O4S. The van der Waals surface area contributed by atoms with Crippen molar-refractivity contribution in [3.63, 3.8) is 0 Å². The van der Waals surface area contributed by atoms with Crippen LogP contribution in [0.1, 0.15) is 11.3 Å². The van der Waals surface area contributed by atoms with Gasteiger partial charge in [-0.3, -0.25) is 14.9 Å². The Morgan fingerprint density at radius 1 is 1.29 bits per heavy atom. The zero-order valence-electron chi connectivity index (χ0n) is 16.4. The fourth-order valence-electron chi connectivity index (χ4n) is 2.94. The molecule has 9 nitrogen and oxygen atoms in total. The van der Waals surface area contributed by atoms with E-state index in [9.17, 15) is 14.9 Å². The van der Waals surface area contributed by atoms with Crippen molar-refractivity contribution in [1.29, 1.82) is 0 Å². The number of rotatable bonds is 7. The van der Waals surface area contributed by atoms with E-state index in [1.54, 1.807) is 25.1 Å². The van der Waals surface area contributed by atoms with Crippen LogP contribution in [-0.2, 0) is 4.79 Å². The Morgan fingerprint density at radius 3 is 2.90 bits per heavy atom. The summed E-state index contributed by atoms with van der Waals surface area (Å²) in [7, 11) is 0. The van der Waals surface area contributed by atoms with Gasteiger partial charge in [-0.25, -0.2) is 10.4 Å². The molecule has 10 heteroatoms. The van der Waals surface area contributed by atoms with E-state index in [1.807, 2.05) is 24.3 Å². The minimum atomic E-state index is -0.438. The minimum Gasteiger partial charge on any atom is -0.455 e. The molecule has 0 aliphatic heterocycles. The predicted octanol–water partition coefficient (Wildman–Crippen LogP) is 4.28. The largest absolute Gasteiger partial charge is 0.455 e. The number of amides is 1. The summed E-state index contributed by atoms with van der Waals surface area (Å²) in [4.78, 5) is 30.0. The lowest BCUT2D eigenvalue weighted by Crippen LogP contribution is -2.19. The molecule has 0 aliphatic rings. The number of hydrogen-bond donors (Lipinski definition) is 2. The fourth-order valence-corrected chi connectivity index (χ4v) is 3.61. The topological polar surface area (TPSA) is 126 Å². The molecule has 0 saturated heterocycles. The van der Waals surface area contributed by atoms with Crippen LogP contribution in [0.2, 0.25) is 0 Å². The van der Waals surface area contributed by atoms with Gasteiger partial charge in [0, 0.05) is 17.7 Å². The van der Waals surface area contributed by atoms with Crippen LogP contribution >= 0.6 is 11.8 Å². The maximum Gasteiger partial charge on any atom is 0.269 e. The molecule has 0 aliphatic carbocycles. The Kier molecular flexibility index (Phi) is 5.80. The van der Waals surface area contributed by atoms with Crippen LogP contribution in [0.15, 0.2) is 69.3 Å². The SMILES string of the molecule is Cc1cc([N+](=O)[O-])ccc1-c1ccc(/C=N\NC(=O)CSc2nc3ccccc3[nH]2)o1. The highest BCUT2D eigenvalue weighted by molar-refractivity contribution is 7.99. The smallest absolute Gasteiger partial charge is 0.269 e. The van der Waals surface area contributed by atoms with Crippen molar-refractivity contribution in [1.82, 2.24) is 15.4 Å². The summed E-state index contributed by atoms with van der Waals surface area (Å²) in [6.07, 6.45) is 1.40. The first kappa shape index (κ1) is 20.4. The second-order valence-corrected chi connectivity index (χ2v) is 7.56. The first-order chi connectivity index (χ1) is 15.0. The van der Waals surface area contributed by atoms with E-state index < -0.39 is 4.92 Å². The fraction of sp³-hybridized carbons (Fsp3) is 0.0952. The second-order valence-electron chi connectivity index (χ2n) is 6.60. The Bertz CT molecular complexity index is 1260. The average molecular weight is 435 g/mol. The lowest BCUT2D eigenvalue weighted by atomic mass is 10.1. The summed E-state index contributed by atoms with van der Waals surface area (Å²) in [5, 5.41) is 15.4. The second kappa shape index (κ2) is 8.84. The highest BCUT2D eigenvalue weighted by Crippen LogP contribution is 2.28. The monoisotopic (exact) mass is 435 g/mol. The molecule has 2 aromatic carbocycles. The van der Waals surface area contributed by atoms with Gasteiger partial charge in [0.05, 0.1) is 27.9 Å². The third-order valence-electron chi connectivity index (χ3n) is 4.40. The predicted molar refractivity (Wildman–Crippen MR) is 118 cm³/mol. The number of carbonyl (C=O) groups is 1. The Balaban J connectivity index is 1.32. The number of furan rings is 1. The van der Waals surface area contributed by atoms with E-state index in [4.69, 9.17) is 4.42 Å². The summed E-state index contributed by atoms with van der Waals surface area (Å²) in [6.45, 7) is 1.78. The van der Waals surface area contributed by atoms with Crippen molar-refractivity contribution in [2.45, 2.75) is 12.1 Å². The van der Waals surface area contributed by atoms with Crippen LogP contribution in [0.25, 0.3) is 22.4 Å². The maximum absolute atomic E-state index is 12.0. The van der Waals surface area contributed by atoms with Crippen LogP contribution < -0.4 is 5.43 Å². The Hall–Kier alpha value is -3.92. The van der Waals surface area contributed by atoms with Crippen molar-refractivity contribution in [2.24, 2.45) is 5.10 Å². The number of nitro benzene ring substituents is 1. The van der Waals surface area contributed by atoms with Gasteiger partial charge in [-0.05, 0) is 42.8 Å². The molecular weight excluding hydrogens is 418 g/mol. The number of hydrogen-bond acceptors (Lipinski definition) is 7. The number of hydrazone groups is 1. The molecule has 156 valence electrons. The number of thioether (sulfide) groups is 1. The Morgan fingerprint density at radius 2 is 2.13 bits per heavy atom. The van der Waals surface area contributed by atoms with E-state index in [1.165, 1.54) is 30.1 Å². The summed E-state index contributed by atoms with van der Waals surface area (Å²) in [6, 6.07) is 15.7. The number of aromatic nitrogens is 2. The summed E-state index contributed by atoms with van der Waals surface area (Å²) in [5.74, 6) is 0.876. The van der Waals surface area contributed by atoms with Crippen LogP contribution in [0.3, 0.4) is 0 Å². The van der Waals surface area contributed by atoms with Crippen molar-refractivity contribution in [3.8, 4) is 11.3 Å². The molecule has 4 aromatic rings. The van der Waals surface area contributed by atoms with Crippen LogP contribution in [0.5, 0.6) is 0 Å². The number of H-pyrrole nitrogens is 1. The van der Waals surface area contributed by atoms with Gasteiger partial charge in [0.25, 0.3) is 11.6 Å². The number of carbonyl (C=O) groups excluding carboxylic acids is 1. The summed E-state index contributed by atoms with van der Waals surface area (Å²) < 4.78 is 5.70. The van der Waals surface area contributed by atoms with Gasteiger partial charge >= 0.3 is 0 Å². The first-order valence-corrected chi connectivity index (χ1v) is 10.2. The van der Waals surface area contributed by atoms with Crippen molar-refractivity contribution >= 4 is 40.6 Å². The molecule has 0 saturated carbocycles. The molecule has 0 unspecified atom stereocenters. The van der Waals surface area contributed by atoms with E-state index in [0.29, 0.717) is 16.7 Å². The van der Waals surface area contributed by atoms with Gasteiger partial charge in [0.2, 0.25) is 0 Å². The average Bonchev–Trinajstić information content (AvgIpc) is 3.38. The number of nitrogens with one attached hydrogen (secondary N) is 2. The molecule has 0 fully saturated rings.